The van der Waals surface area contributed by atoms with Crippen LogP contribution in [0.15, 0.2) is 47.6 Å². The summed E-state index contributed by atoms with van der Waals surface area (Å²) in [4.78, 5) is 17.1. The summed E-state index contributed by atoms with van der Waals surface area (Å²) in [5.41, 5.74) is 0.934. The molecule has 1 N–H and O–H groups in total. The molecule has 0 unspecified atom stereocenters. The molecule has 118 valence electrons. The smallest absolute Gasteiger partial charge is 0.268 e. The Morgan fingerprint density at radius 1 is 1.09 bits per heavy atom. The van der Waals surface area contributed by atoms with Gasteiger partial charge in [-0.25, -0.2) is 13.2 Å². The number of hydrogen-bond donors (Lipinski definition) is 1. The lowest BCUT2D eigenvalue weighted by Crippen LogP contribution is -2.28. The van der Waals surface area contributed by atoms with Crippen molar-refractivity contribution in [3.8, 4) is 0 Å². The zero-order valence-electron chi connectivity index (χ0n) is 11.7. The van der Waals surface area contributed by atoms with Crippen LogP contribution < -0.4 is 5.32 Å². The lowest BCUT2D eigenvalue weighted by molar-refractivity contribution is -0.125. The molecule has 23 heavy (non-hydrogen) atoms. The summed E-state index contributed by atoms with van der Waals surface area (Å²) >= 11 is 0. The van der Waals surface area contributed by atoms with Crippen LogP contribution >= 0.6 is 0 Å². The van der Waals surface area contributed by atoms with Gasteiger partial charge in [0.15, 0.2) is 17.5 Å². The fraction of sp³-hybridized carbons (Fsp3) is 0.125. The van der Waals surface area contributed by atoms with Gasteiger partial charge < -0.3 is 10.2 Å². The number of rotatable bonds is 3. The molecule has 0 radical (unpaired) electrons. The number of halogens is 3. The second kappa shape index (κ2) is 6.12. The summed E-state index contributed by atoms with van der Waals surface area (Å²) < 4.78 is 39.6. The maximum Gasteiger partial charge on any atom is 0.268 e. The van der Waals surface area contributed by atoms with Crippen molar-refractivity contribution < 1.29 is 22.8 Å². The molecule has 1 heterocycles. The molecule has 0 bridgehead atoms. The van der Waals surface area contributed by atoms with E-state index in [0.717, 1.165) is 17.7 Å². The minimum atomic E-state index is -1.64. The first kappa shape index (κ1) is 15.1. The Labute approximate surface area is 129 Å². The number of carbonyl (C=O) groups excluding carboxylic acids is 1. The van der Waals surface area contributed by atoms with Crippen molar-refractivity contribution in [2.45, 2.75) is 12.5 Å². The molecule has 0 fully saturated rings. The second-order valence-corrected chi connectivity index (χ2v) is 4.91. The van der Waals surface area contributed by atoms with Gasteiger partial charge in [0.2, 0.25) is 6.10 Å². The van der Waals surface area contributed by atoms with E-state index >= 15 is 0 Å². The summed E-state index contributed by atoms with van der Waals surface area (Å²) in [5, 5.41) is 6.01. The molecule has 0 spiro atoms. The molecule has 2 aromatic rings. The number of hydrogen-bond acceptors (Lipinski definition) is 3. The minimum Gasteiger partial charge on any atom is -0.382 e. The molecule has 0 aromatic heterocycles. The highest BCUT2D eigenvalue weighted by atomic mass is 19.2. The number of amides is 1. The third-order valence-electron chi connectivity index (χ3n) is 3.36. The second-order valence-electron chi connectivity index (χ2n) is 4.91. The van der Waals surface area contributed by atoms with Gasteiger partial charge in [0, 0.05) is 6.42 Å². The molecule has 2 aromatic carbocycles. The average Bonchev–Trinajstić information content (AvgIpc) is 3.06. The topological polar surface area (TPSA) is 50.7 Å². The van der Waals surface area contributed by atoms with Crippen LogP contribution in [0, 0.1) is 17.5 Å². The van der Waals surface area contributed by atoms with Crippen LogP contribution in [-0.4, -0.2) is 17.7 Å². The molecule has 0 saturated carbocycles. The third-order valence-corrected chi connectivity index (χ3v) is 3.36. The Kier molecular flexibility index (Phi) is 4.01. The van der Waals surface area contributed by atoms with E-state index in [2.05, 4.69) is 10.5 Å². The number of nitrogens with one attached hydrogen (secondary N) is 1. The van der Waals surface area contributed by atoms with E-state index in [-0.39, 0.29) is 6.42 Å². The van der Waals surface area contributed by atoms with Crippen LogP contribution in [0.3, 0.4) is 0 Å². The Bertz CT molecular complexity index is 778. The summed E-state index contributed by atoms with van der Waals surface area (Å²) in [6.07, 6.45) is -0.765. The van der Waals surface area contributed by atoms with E-state index < -0.39 is 35.2 Å². The first-order valence-corrected chi connectivity index (χ1v) is 6.78. The predicted molar refractivity (Wildman–Crippen MR) is 77.4 cm³/mol. The van der Waals surface area contributed by atoms with E-state index in [1.165, 1.54) is 0 Å². The van der Waals surface area contributed by atoms with Crippen LogP contribution in [-0.2, 0) is 9.63 Å². The number of nitrogens with zero attached hydrogens (tertiary/aromatic N) is 1. The highest BCUT2D eigenvalue weighted by molar-refractivity contribution is 6.06. The van der Waals surface area contributed by atoms with Crippen LogP contribution in [0.25, 0.3) is 0 Å². The van der Waals surface area contributed by atoms with Crippen molar-refractivity contribution in [2.75, 3.05) is 5.32 Å². The lowest BCUT2D eigenvalue weighted by Gasteiger charge is -2.10. The molecular weight excluding hydrogens is 309 g/mol. The van der Waals surface area contributed by atoms with Gasteiger partial charge in [-0.15, -0.1) is 0 Å². The molecular formula is C16H11F3N2O2. The van der Waals surface area contributed by atoms with Gasteiger partial charge in [-0.1, -0.05) is 35.5 Å². The van der Waals surface area contributed by atoms with E-state index in [0.29, 0.717) is 5.71 Å². The molecule has 3 rings (SSSR count). The van der Waals surface area contributed by atoms with Crippen molar-refractivity contribution in [3.05, 3.63) is 65.5 Å². The van der Waals surface area contributed by atoms with Gasteiger partial charge in [0.1, 0.15) is 0 Å². The Hall–Kier alpha value is -2.83. The van der Waals surface area contributed by atoms with E-state index in [1.807, 2.05) is 30.3 Å². The van der Waals surface area contributed by atoms with Gasteiger partial charge in [-0.2, -0.15) is 0 Å². The minimum absolute atomic E-state index is 0.196. The number of benzene rings is 2. The molecule has 4 nitrogen and oxygen atoms in total. The van der Waals surface area contributed by atoms with E-state index in [4.69, 9.17) is 4.84 Å². The molecule has 1 aliphatic rings. The lowest BCUT2D eigenvalue weighted by atomic mass is 10.0. The third kappa shape index (κ3) is 3.03. The molecule has 0 saturated heterocycles. The molecule has 1 aliphatic heterocycles. The predicted octanol–water partition coefficient (Wildman–Crippen LogP) is 3.24. The Morgan fingerprint density at radius 3 is 2.57 bits per heavy atom. The van der Waals surface area contributed by atoms with Gasteiger partial charge in [-0.3, -0.25) is 4.79 Å². The van der Waals surface area contributed by atoms with Gasteiger partial charge in [-0.05, 0) is 17.7 Å². The highest BCUT2D eigenvalue weighted by Gasteiger charge is 2.29. The largest absolute Gasteiger partial charge is 0.382 e. The van der Waals surface area contributed by atoms with E-state index in [9.17, 15) is 18.0 Å². The maximum absolute atomic E-state index is 13.6. The van der Waals surface area contributed by atoms with Crippen molar-refractivity contribution >= 4 is 17.3 Å². The Morgan fingerprint density at radius 2 is 1.83 bits per heavy atom. The van der Waals surface area contributed by atoms with Crippen LogP contribution in [0.1, 0.15) is 12.0 Å². The van der Waals surface area contributed by atoms with E-state index in [1.54, 1.807) is 0 Å². The molecule has 7 heteroatoms. The standard InChI is InChI=1S/C16H11F3N2O2/c17-10-6-7-11(15(19)14(10)18)20-16(22)13-8-12(21-23-13)9-4-2-1-3-5-9/h1-7,13H,8H2,(H,20,22)/t13-/m1/s1. The van der Waals surface area contributed by atoms with Crippen molar-refractivity contribution in [3.63, 3.8) is 0 Å². The SMILES string of the molecule is O=C(Nc1ccc(F)c(F)c1F)[C@H]1CC(c2ccccc2)=NO1. The van der Waals surface area contributed by atoms with Crippen molar-refractivity contribution in [1.82, 2.24) is 0 Å². The van der Waals surface area contributed by atoms with Crippen LogP contribution in [0.5, 0.6) is 0 Å². The summed E-state index contributed by atoms with van der Waals surface area (Å²) in [6.45, 7) is 0. The number of oxime groups is 1. The zero-order chi connectivity index (χ0) is 16.4. The highest BCUT2D eigenvalue weighted by Crippen LogP contribution is 2.22. The van der Waals surface area contributed by atoms with Crippen LogP contribution in [0.2, 0.25) is 0 Å². The summed E-state index contributed by atoms with van der Waals surface area (Å²) in [6, 6.07) is 10.8. The fourth-order valence-corrected chi connectivity index (χ4v) is 2.15. The van der Waals surface area contributed by atoms with Crippen molar-refractivity contribution in [2.24, 2.45) is 5.16 Å². The number of carbonyl (C=O) groups is 1. The van der Waals surface area contributed by atoms with Crippen molar-refractivity contribution in [1.29, 1.82) is 0 Å². The monoisotopic (exact) mass is 320 g/mol. The average molecular weight is 320 g/mol. The first-order valence-electron chi connectivity index (χ1n) is 6.78. The summed E-state index contributed by atoms with van der Waals surface area (Å²) in [5.74, 6) is -5.12. The molecule has 0 aliphatic carbocycles. The van der Waals surface area contributed by atoms with Crippen LogP contribution in [0.4, 0.5) is 18.9 Å². The van der Waals surface area contributed by atoms with Gasteiger partial charge in [0.05, 0.1) is 11.4 Å². The normalized spacial score (nSPS) is 16.7. The Balaban J connectivity index is 1.68. The first-order chi connectivity index (χ1) is 11.1. The fourth-order valence-electron chi connectivity index (χ4n) is 2.15. The molecule has 1 amide bonds. The van der Waals surface area contributed by atoms with Gasteiger partial charge in [0.25, 0.3) is 5.91 Å². The molecule has 1 atom stereocenters. The van der Waals surface area contributed by atoms with Gasteiger partial charge >= 0.3 is 0 Å². The quantitative estimate of drug-likeness (QED) is 0.883. The maximum atomic E-state index is 13.6. The number of anilines is 1. The summed E-state index contributed by atoms with van der Waals surface area (Å²) in [7, 11) is 0. The zero-order valence-corrected chi connectivity index (χ0v) is 11.7.